The number of carbonyl (C=O) groups excluding carboxylic acids is 4. The van der Waals surface area contributed by atoms with Crippen LogP contribution in [0.5, 0.6) is 0 Å². The Morgan fingerprint density at radius 2 is 1.34 bits per heavy atom. The minimum atomic E-state index is -1.12. The molecule has 0 spiro atoms. The fourth-order valence-electron chi connectivity index (χ4n) is 3.19. The number of carbonyl (C=O) groups is 4. The normalized spacial score (nSPS) is 24.8. The fraction of sp³-hybridized carbons (Fsp3) is 0.545. The number of aryl methyl sites for hydroxylation is 1. The molecular formula is C22H28O9Se. The molecule has 0 saturated carbocycles. The van der Waals surface area contributed by atoms with Gasteiger partial charge < -0.3 is 0 Å². The monoisotopic (exact) mass is 516 g/mol. The van der Waals surface area contributed by atoms with Crippen molar-refractivity contribution < 1.29 is 42.9 Å². The van der Waals surface area contributed by atoms with Crippen LogP contribution in [0.3, 0.4) is 0 Å². The van der Waals surface area contributed by atoms with Crippen molar-refractivity contribution in [1.29, 1.82) is 0 Å². The Bertz CT molecular complexity index is 823. The summed E-state index contributed by atoms with van der Waals surface area (Å²) >= 11 is -0.260. The zero-order chi connectivity index (χ0) is 23.8. The molecular weight excluding hydrogens is 487 g/mol. The van der Waals surface area contributed by atoms with E-state index in [1.165, 1.54) is 27.7 Å². The summed E-state index contributed by atoms with van der Waals surface area (Å²) in [5.41, 5.74) is 2.21. The molecule has 1 saturated heterocycles. The summed E-state index contributed by atoms with van der Waals surface area (Å²) in [5.74, 6) is -2.41. The molecule has 2 rings (SSSR count). The molecule has 1 aliphatic heterocycles. The van der Waals surface area contributed by atoms with Crippen LogP contribution in [0, 0.1) is 6.92 Å². The molecule has 0 aliphatic carbocycles. The van der Waals surface area contributed by atoms with Crippen LogP contribution >= 0.6 is 0 Å². The fourth-order valence-corrected chi connectivity index (χ4v) is 5.64. The third-order valence-electron chi connectivity index (χ3n) is 4.48. The first kappa shape index (κ1) is 25.8. The van der Waals surface area contributed by atoms with Gasteiger partial charge in [0, 0.05) is 0 Å². The van der Waals surface area contributed by atoms with Crippen LogP contribution in [0.1, 0.15) is 38.8 Å². The van der Waals surface area contributed by atoms with Gasteiger partial charge in [-0.2, -0.15) is 0 Å². The molecule has 32 heavy (non-hydrogen) atoms. The predicted molar refractivity (Wildman–Crippen MR) is 113 cm³/mol. The Morgan fingerprint density at radius 1 is 0.812 bits per heavy atom. The van der Waals surface area contributed by atoms with Crippen LogP contribution in [-0.2, 0) is 48.2 Å². The molecule has 1 aromatic carbocycles. The second kappa shape index (κ2) is 12.0. The van der Waals surface area contributed by atoms with Crippen molar-refractivity contribution in [3.63, 3.8) is 0 Å². The molecule has 9 nitrogen and oxygen atoms in total. The average Bonchev–Trinajstić information content (AvgIpc) is 2.69. The van der Waals surface area contributed by atoms with Gasteiger partial charge in [-0.15, -0.1) is 0 Å². The van der Waals surface area contributed by atoms with Gasteiger partial charge in [-0.3, -0.25) is 0 Å². The third kappa shape index (κ3) is 7.93. The van der Waals surface area contributed by atoms with Crippen LogP contribution in [-0.4, -0.2) is 74.9 Å². The second-order valence-electron chi connectivity index (χ2n) is 7.36. The van der Waals surface area contributed by atoms with Crippen molar-refractivity contribution in [3.8, 4) is 0 Å². The van der Waals surface area contributed by atoms with Crippen molar-refractivity contribution in [2.75, 3.05) is 6.61 Å². The van der Waals surface area contributed by atoms with Gasteiger partial charge in [0.25, 0.3) is 0 Å². The van der Waals surface area contributed by atoms with E-state index in [1.54, 1.807) is 0 Å². The summed E-state index contributed by atoms with van der Waals surface area (Å²) in [6, 6.07) is 8.00. The predicted octanol–water partition coefficient (Wildman–Crippen LogP) is 1.28. The zero-order valence-electron chi connectivity index (χ0n) is 18.7. The van der Waals surface area contributed by atoms with Gasteiger partial charge >= 0.3 is 193 Å². The summed E-state index contributed by atoms with van der Waals surface area (Å²) in [6.45, 7) is 6.66. The van der Waals surface area contributed by atoms with Crippen LogP contribution in [0.25, 0.3) is 0 Å². The van der Waals surface area contributed by atoms with Crippen molar-refractivity contribution >= 4 is 38.8 Å². The maximum absolute atomic E-state index is 11.8. The third-order valence-corrected chi connectivity index (χ3v) is 7.02. The van der Waals surface area contributed by atoms with Gasteiger partial charge in [0.15, 0.2) is 0 Å². The van der Waals surface area contributed by atoms with Crippen LogP contribution < -0.4 is 0 Å². The van der Waals surface area contributed by atoms with E-state index in [9.17, 15) is 19.2 Å². The number of esters is 4. The first-order valence-electron chi connectivity index (χ1n) is 10.0. The Balaban J connectivity index is 2.35. The van der Waals surface area contributed by atoms with E-state index in [4.69, 9.17) is 23.7 Å². The molecule has 1 aromatic rings. The summed E-state index contributed by atoms with van der Waals surface area (Å²) in [5, 5.41) is 0.0190. The molecule has 1 fully saturated rings. The van der Waals surface area contributed by atoms with Crippen LogP contribution in [0.4, 0.5) is 0 Å². The van der Waals surface area contributed by atoms with Crippen molar-refractivity contribution in [2.45, 2.75) is 69.4 Å². The summed E-state index contributed by atoms with van der Waals surface area (Å²) in [4.78, 5) is 46.8. The number of benzene rings is 1. The minimum absolute atomic E-state index is 0.213. The molecule has 0 amide bonds. The summed E-state index contributed by atoms with van der Waals surface area (Å²) in [6.07, 6.45) is -4.12. The molecule has 1 aliphatic rings. The molecule has 0 N–H and O–H groups in total. The topological polar surface area (TPSA) is 114 Å². The Morgan fingerprint density at radius 3 is 1.88 bits per heavy atom. The molecule has 0 radical (unpaired) electrons. The Kier molecular flexibility index (Phi) is 9.68. The number of ether oxygens (including phenoxy) is 5. The van der Waals surface area contributed by atoms with Gasteiger partial charge in [0.2, 0.25) is 0 Å². The number of rotatable bonds is 8. The van der Waals surface area contributed by atoms with E-state index in [-0.39, 0.29) is 21.6 Å². The standard InChI is InChI=1S/C22H28O9Se/c1-12-6-8-17(9-7-12)11-32-22-21(30-16(5)26)20(29-15(4)25)19(28-14(3)24)18(31-22)10-27-13(2)23/h6-9,18-22H,10-11H2,1-5H3/t18-,19-,20+,21+,22?/m1/s1. The molecule has 176 valence electrons. The number of hydrogen-bond donors (Lipinski definition) is 0. The second-order valence-corrected chi connectivity index (χ2v) is 9.64. The van der Waals surface area contributed by atoms with E-state index in [0.29, 0.717) is 5.32 Å². The van der Waals surface area contributed by atoms with E-state index < -0.39 is 53.3 Å². The van der Waals surface area contributed by atoms with E-state index >= 15 is 0 Å². The van der Waals surface area contributed by atoms with Gasteiger partial charge in [0.1, 0.15) is 0 Å². The van der Waals surface area contributed by atoms with Gasteiger partial charge in [0.05, 0.1) is 0 Å². The van der Waals surface area contributed by atoms with Crippen molar-refractivity contribution in [3.05, 3.63) is 35.4 Å². The average molecular weight is 515 g/mol. The molecule has 10 heteroatoms. The van der Waals surface area contributed by atoms with E-state index in [1.807, 2.05) is 31.2 Å². The van der Waals surface area contributed by atoms with Gasteiger partial charge in [-0.1, -0.05) is 0 Å². The summed E-state index contributed by atoms with van der Waals surface area (Å²) < 4.78 is 27.5. The van der Waals surface area contributed by atoms with Gasteiger partial charge in [-0.05, 0) is 0 Å². The Labute approximate surface area is 193 Å². The van der Waals surface area contributed by atoms with E-state index in [0.717, 1.165) is 11.1 Å². The first-order valence-corrected chi connectivity index (χ1v) is 12.2. The van der Waals surface area contributed by atoms with Crippen molar-refractivity contribution in [1.82, 2.24) is 0 Å². The van der Waals surface area contributed by atoms with Crippen LogP contribution in [0.15, 0.2) is 24.3 Å². The van der Waals surface area contributed by atoms with Gasteiger partial charge in [-0.25, -0.2) is 0 Å². The van der Waals surface area contributed by atoms with E-state index in [2.05, 4.69) is 0 Å². The summed E-state index contributed by atoms with van der Waals surface area (Å²) in [7, 11) is 0. The molecule has 0 bridgehead atoms. The quantitative estimate of drug-likeness (QED) is 0.287. The maximum atomic E-state index is 11.8. The SMILES string of the molecule is CC(=O)OC[C@H]1OC([Se]Cc2ccc(C)cc2)[C@@H](OC(C)=O)[C@@H](OC(C)=O)[C@@H]1OC(C)=O. The van der Waals surface area contributed by atoms with Crippen molar-refractivity contribution in [2.24, 2.45) is 0 Å². The Hall–Kier alpha value is -2.42. The molecule has 1 heterocycles. The molecule has 5 atom stereocenters. The molecule has 1 unspecified atom stereocenters. The molecule has 0 aromatic heterocycles. The van der Waals surface area contributed by atoms with Crippen LogP contribution in [0.2, 0.25) is 0 Å². The number of hydrogen-bond acceptors (Lipinski definition) is 9. The zero-order valence-corrected chi connectivity index (χ0v) is 20.4. The first-order chi connectivity index (χ1) is 15.1.